The number of nitrogens with one attached hydrogen (secondary N) is 1. The van der Waals surface area contributed by atoms with Gasteiger partial charge < -0.3 is 15.0 Å². The molecule has 1 fully saturated rings. The van der Waals surface area contributed by atoms with Crippen molar-refractivity contribution in [1.29, 1.82) is 0 Å². The average molecular weight is 476 g/mol. The van der Waals surface area contributed by atoms with E-state index in [1.54, 1.807) is 44.0 Å². The molecule has 4 rings (SSSR count). The zero-order valence-electron chi connectivity index (χ0n) is 18.9. The molecule has 1 aliphatic rings. The lowest BCUT2D eigenvalue weighted by atomic mass is 10.0. The van der Waals surface area contributed by atoms with Gasteiger partial charge in [-0.3, -0.25) is 4.79 Å². The number of carbonyl (C=O) groups is 1. The van der Waals surface area contributed by atoms with E-state index < -0.39 is 23.6 Å². The Morgan fingerprint density at radius 1 is 1.24 bits per heavy atom. The van der Waals surface area contributed by atoms with Crippen LogP contribution in [0.25, 0.3) is 10.9 Å². The molecular weight excluding hydrogens is 452 g/mol. The first kappa shape index (κ1) is 23.7. The number of ether oxygens (including phenoxy) is 1. The molecule has 2 atom stereocenters. The molecule has 6 nitrogen and oxygen atoms in total. The van der Waals surface area contributed by atoms with Crippen LogP contribution in [0.2, 0.25) is 0 Å². The van der Waals surface area contributed by atoms with Crippen molar-refractivity contribution in [2.24, 2.45) is 0 Å². The normalized spacial score (nSPS) is 17.3. The van der Waals surface area contributed by atoms with Crippen molar-refractivity contribution < 1.29 is 27.1 Å². The second-order valence-electron chi connectivity index (χ2n) is 8.38. The van der Waals surface area contributed by atoms with Gasteiger partial charge in [-0.05, 0) is 44.5 Å². The monoisotopic (exact) mass is 476 g/mol. The summed E-state index contributed by atoms with van der Waals surface area (Å²) in [7, 11) is 1.75. The number of rotatable bonds is 6. The van der Waals surface area contributed by atoms with Crippen LogP contribution in [0.3, 0.4) is 0 Å². The quantitative estimate of drug-likeness (QED) is 0.491. The Hall–Kier alpha value is -3.43. The molecule has 0 unspecified atom stereocenters. The Morgan fingerprint density at radius 2 is 2.00 bits per heavy atom. The highest BCUT2D eigenvalue weighted by Crippen LogP contribution is 2.35. The Kier molecular flexibility index (Phi) is 6.33. The smallest absolute Gasteiger partial charge is 0.419 e. The van der Waals surface area contributed by atoms with Crippen LogP contribution in [0.4, 0.5) is 23.4 Å². The van der Waals surface area contributed by atoms with Gasteiger partial charge >= 0.3 is 6.18 Å². The summed E-state index contributed by atoms with van der Waals surface area (Å²) in [6, 6.07) is 7.62. The van der Waals surface area contributed by atoms with Crippen molar-refractivity contribution in [3.05, 3.63) is 59.2 Å². The average Bonchev–Trinajstić information content (AvgIpc) is 3.09. The largest absolute Gasteiger partial charge is 0.491 e. The first-order valence-electron chi connectivity index (χ1n) is 10.8. The van der Waals surface area contributed by atoms with E-state index in [0.29, 0.717) is 41.3 Å². The van der Waals surface area contributed by atoms with Crippen LogP contribution in [0.1, 0.15) is 42.8 Å². The zero-order valence-corrected chi connectivity index (χ0v) is 18.9. The van der Waals surface area contributed by atoms with Crippen molar-refractivity contribution in [1.82, 2.24) is 14.9 Å². The first-order valence-corrected chi connectivity index (χ1v) is 10.8. The SMILES string of the molecule is Cc1nc(N[C@H](C)c2cccc(C(F)(F)F)c2F)c2cc(OC[C@@H]3CCC(=O)N3C)ccc2n1. The van der Waals surface area contributed by atoms with Crippen LogP contribution >= 0.6 is 0 Å². The van der Waals surface area contributed by atoms with Crippen molar-refractivity contribution in [2.45, 2.75) is 44.9 Å². The molecule has 0 spiro atoms. The van der Waals surface area contributed by atoms with Gasteiger partial charge in [0.25, 0.3) is 0 Å². The van der Waals surface area contributed by atoms with E-state index in [9.17, 15) is 22.4 Å². The standard InChI is InChI=1S/C24H24F4N4O2/c1-13(17-5-4-6-19(22(17)25)24(26,27)28)29-23-18-11-16(8-9-20(18)30-14(2)31-23)34-12-15-7-10-21(33)32(15)3/h4-6,8-9,11,13,15H,7,10,12H2,1-3H3,(H,29,30,31)/t13-,15+/m1/s1. The summed E-state index contributed by atoms with van der Waals surface area (Å²) in [5, 5.41) is 3.61. The second kappa shape index (κ2) is 9.08. The maximum absolute atomic E-state index is 14.6. The molecule has 180 valence electrons. The minimum atomic E-state index is -4.79. The molecule has 0 saturated carbocycles. The van der Waals surface area contributed by atoms with Gasteiger partial charge in [-0.15, -0.1) is 0 Å². The fraction of sp³-hybridized carbons (Fsp3) is 0.375. The molecule has 3 aromatic rings. The fourth-order valence-electron chi connectivity index (χ4n) is 4.06. The van der Waals surface area contributed by atoms with E-state index in [1.807, 2.05) is 0 Å². The number of anilines is 1. The number of fused-ring (bicyclic) bond motifs is 1. The molecule has 0 aliphatic carbocycles. The number of benzene rings is 2. The minimum Gasteiger partial charge on any atom is -0.491 e. The molecule has 0 radical (unpaired) electrons. The Bertz CT molecular complexity index is 1230. The van der Waals surface area contributed by atoms with Gasteiger partial charge in [-0.1, -0.05) is 12.1 Å². The molecule has 1 aromatic heterocycles. The topological polar surface area (TPSA) is 67.4 Å². The Labute approximate surface area is 193 Å². The summed E-state index contributed by atoms with van der Waals surface area (Å²) in [4.78, 5) is 22.2. The second-order valence-corrected chi connectivity index (χ2v) is 8.38. The summed E-state index contributed by atoms with van der Waals surface area (Å²) in [6.45, 7) is 3.59. The molecule has 1 aliphatic heterocycles. The highest BCUT2D eigenvalue weighted by Gasteiger charge is 2.35. The molecule has 2 heterocycles. The van der Waals surface area contributed by atoms with Gasteiger partial charge in [-0.2, -0.15) is 13.2 Å². The third-order valence-corrected chi connectivity index (χ3v) is 6.01. The van der Waals surface area contributed by atoms with E-state index in [0.717, 1.165) is 12.5 Å². The number of hydrogen-bond donors (Lipinski definition) is 1. The molecule has 0 bridgehead atoms. The molecule has 1 saturated heterocycles. The van der Waals surface area contributed by atoms with Crippen LogP contribution < -0.4 is 10.1 Å². The molecule has 2 aromatic carbocycles. The third-order valence-electron chi connectivity index (χ3n) is 6.01. The van der Waals surface area contributed by atoms with E-state index in [4.69, 9.17) is 4.74 Å². The van der Waals surface area contributed by atoms with Crippen LogP contribution in [0.15, 0.2) is 36.4 Å². The lowest BCUT2D eigenvalue weighted by molar-refractivity contribution is -0.140. The van der Waals surface area contributed by atoms with Crippen LogP contribution in [0, 0.1) is 12.7 Å². The number of hydrogen-bond acceptors (Lipinski definition) is 5. The van der Waals surface area contributed by atoms with Crippen molar-refractivity contribution >= 4 is 22.6 Å². The molecular formula is C24H24F4N4O2. The molecule has 1 N–H and O–H groups in total. The summed E-state index contributed by atoms with van der Waals surface area (Å²) in [6.07, 6.45) is -3.58. The first-order chi connectivity index (χ1) is 16.0. The van der Waals surface area contributed by atoms with E-state index in [2.05, 4.69) is 15.3 Å². The van der Waals surface area contributed by atoms with Crippen LogP contribution in [-0.4, -0.2) is 40.5 Å². The van der Waals surface area contributed by atoms with Crippen LogP contribution in [0.5, 0.6) is 5.75 Å². The summed E-state index contributed by atoms with van der Waals surface area (Å²) in [5.74, 6) is 0.105. The number of alkyl halides is 3. The number of nitrogens with zero attached hydrogens (tertiary/aromatic N) is 3. The van der Waals surface area contributed by atoms with Crippen molar-refractivity contribution in [3.63, 3.8) is 0 Å². The summed E-state index contributed by atoms with van der Waals surface area (Å²) >= 11 is 0. The number of halogens is 4. The Morgan fingerprint density at radius 3 is 2.68 bits per heavy atom. The van der Waals surface area contributed by atoms with Gasteiger partial charge in [0, 0.05) is 24.4 Å². The highest BCUT2D eigenvalue weighted by atomic mass is 19.4. The number of aryl methyl sites for hydroxylation is 1. The van der Waals surface area contributed by atoms with Crippen molar-refractivity contribution in [2.75, 3.05) is 19.0 Å². The van der Waals surface area contributed by atoms with Gasteiger partial charge in [0.1, 0.15) is 29.8 Å². The van der Waals surface area contributed by atoms with E-state index in [1.165, 1.54) is 12.1 Å². The summed E-state index contributed by atoms with van der Waals surface area (Å²) < 4.78 is 60.0. The minimum absolute atomic E-state index is 0.0148. The molecule has 34 heavy (non-hydrogen) atoms. The predicted molar refractivity (Wildman–Crippen MR) is 119 cm³/mol. The number of likely N-dealkylation sites (tertiary alicyclic amines) is 1. The van der Waals surface area contributed by atoms with E-state index >= 15 is 0 Å². The van der Waals surface area contributed by atoms with Gasteiger partial charge in [0.2, 0.25) is 5.91 Å². The Balaban J connectivity index is 1.61. The molecule has 1 amide bonds. The lowest BCUT2D eigenvalue weighted by Crippen LogP contribution is -2.33. The maximum atomic E-state index is 14.6. The number of aromatic nitrogens is 2. The van der Waals surface area contributed by atoms with Gasteiger partial charge in [0.15, 0.2) is 0 Å². The third kappa shape index (κ3) is 4.76. The zero-order chi connectivity index (χ0) is 24.6. The number of likely N-dealkylation sites (N-methyl/N-ethyl adjacent to an activating group) is 1. The van der Waals surface area contributed by atoms with Gasteiger partial charge in [-0.25, -0.2) is 14.4 Å². The maximum Gasteiger partial charge on any atom is 0.419 e. The van der Waals surface area contributed by atoms with E-state index in [-0.39, 0.29) is 17.5 Å². The summed E-state index contributed by atoms with van der Waals surface area (Å²) in [5.41, 5.74) is -0.832. The fourth-order valence-corrected chi connectivity index (χ4v) is 4.06. The van der Waals surface area contributed by atoms with Crippen molar-refractivity contribution in [3.8, 4) is 5.75 Å². The van der Waals surface area contributed by atoms with Gasteiger partial charge in [0.05, 0.1) is 23.2 Å². The number of carbonyl (C=O) groups excluding carboxylic acids is 1. The highest BCUT2D eigenvalue weighted by molar-refractivity contribution is 5.90. The predicted octanol–water partition coefficient (Wildman–Crippen LogP) is 5.27. The molecule has 10 heteroatoms. The number of amides is 1. The van der Waals surface area contributed by atoms with Crippen LogP contribution in [-0.2, 0) is 11.0 Å². The lowest BCUT2D eigenvalue weighted by Gasteiger charge is -2.21.